The van der Waals surface area contributed by atoms with Crippen LogP contribution in [0.1, 0.15) is 209 Å². The fourth-order valence-electron chi connectivity index (χ4n) is 11.7. The van der Waals surface area contributed by atoms with Crippen molar-refractivity contribution in [2.75, 3.05) is 4.90 Å². The first-order valence-corrected chi connectivity index (χ1v) is 29.7. The second-order valence-electron chi connectivity index (χ2n) is 31.4. The molecule has 0 saturated carbocycles. The predicted octanol–water partition coefficient (Wildman–Crippen LogP) is 23.2. The van der Waals surface area contributed by atoms with Gasteiger partial charge in [0.1, 0.15) is 0 Å². The Morgan fingerprint density at radius 3 is 1.09 bits per heavy atom. The van der Waals surface area contributed by atoms with Crippen molar-refractivity contribution >= 4 is 17.1 Å². The molecule has 0 atom stereocenters. The van der Waals surface area contributed by atoms with Gasteiger partial charge in [-0.1, -0.05) is 268 Å². The van der Waals surface area contributed by atoms with Crippen LogP contribution >= 0.6 is 0 Å². The Kier molecular flexibility index (Phi) is 14.5. The number of anilines is 3. The van der Waals surface area contributed by atoms with Crippen LogP contribution in [0, 0.1) is 0 Å². The Morgan fingerprint density at radius 2 is 0.625 bits per heavy atom. The average molecular weight is 1060 g/mol. The molecule has 0 amide bonds. The Labute approximate surface area is 485 Å². The van der Waals surface area contributed by atoms with Crippen molar-refractivity contribution < 1.29 is 0 Å². The molecule has 1 nitrogen and oxygen atoms in total. The van der Waals surface area contributed by atoms with Gasteiger partial charge in [-0.3, -0.25) is 0 Å². The fraction of sp³-hybridized carbons (Fsp3) is 0.392. The maximum Gasteiger partial charge on any atom is 0.0549 e. The van der Waals surface area contributed by atoms with Crippen molar-refractivity contribution in [3.63, 3.8) is 0 Å². The lowest BCUT2D eigenvalue weighted by Gasteiger charge is -2.35. The summed E-state index contributed by atoms with van der Waals surface area (Å²) in [6, 6.07) is 62.4. The van der Waals surface area contributed by atoms with Gasteiger partial charge in [0.25, 0.3) is 0 Å². The highest BCUT2D eigenvalue weighted by Gasteiger charge is 2.37. The maximum atomic E-state index is 2.63. The van der Waals surface area contributed by atoms with Gasteiger partial charge in [-0.25, -0.2) is 0 Å². The molecule has 1 aliphatic carbocycles. The van der Waals surface area contributed by atoms with Gasteiger partial charge in [0.05, 0.1) is 5.69 Å². The van der Waals surface area contributed by atoms with Crippen LogP contribution in [0.4, 0.5) is 17.1 Å². The van der Waals surface area contributed by atoms with Gasteiger partial charge in [-0.2, -0.15) is 0 Å². The topological polar surface area (TPSA) is 3.24 Å². The van der Waals surface area contributed by atoms with Gasteiger partial charge < -0.3 is 4.90 Å². The molecule has 9 rings (SSSR count). The number of hydrogen-bond acceptors (Lipinski definition) is 1. The van der Waals surface area contributed by atoms with E-state index in [4.69, 9.17) is 0 Å². The van der Waals surface area contributed by atoms with Crippen LogP contribution in [0.25, 0.3) is 55.6 Å². The molecule has 0 radical (unpaired) electrons. The molecule has 8 aromatic rings. The normalized spacial score (nSPS) is 14.0. The molecule has 0 saturated heterocycles. The number of benzene rings is 8. The van der Waals surface area contributed by atoms with E-state index in [1.165, 1.54) is 117 Å². The van der Waals surface area contributed by atoms with Crippen LogP contribution in [0.5, 0.6) is 0 Å². The van der Waals surface area contributed by atoms with Gasteiger partial charge in [0, 0.05) is 22.4 Å². The summed E-state index contributed by atoms with van der Waals surface area (Å²) in [6.45, 7) is 54.4. The zero-order valence-corrected chi connectivity index (χ0v) is 53.5. The summed E-state index contributed by atoms with van der Waals surface area (Å²) in [7, 11) is 0. The van der Waals surface area contributed by atoms with E-state index in [2.05, 4.69) is 322 Å². The van der Waals surface area contributed by atoms with Crippen LogP contribution in [0.2, 0.25) is 0 Å². The second-order valence-corrected chi connectivity index (χ2v) is 31.4. The summed E-state index contributed by atoms with van der Waals surface area (Å²) in [5.41, 5.74) is 27.3. The largest absolute Gasteiger partial charge is 0.310 e. The Bertz CT molecular complexity index is 3570. The van der Waals surface area contributed by atoms with E-state index in [0.717, 1.165) is 5.69 Å². The molecule has 1 aliphatic rings. The molecule has 0 unspecified atom stereocenters. The van der Waals surface area contributed by atoms with Crippen molar-refractivity contribution in [2.45, 2.75) is 203 Å². The predicted molar refractivity (Wildman–Crippen MR) is 351 cm³/mol. The molecule has 0 aliphatic heterocycles. The summed E-state index contributed by atoms with van der Waals surface area (Å²) in [5.74, 6) is 0. The summed E-state index contributed by atoms with van der Waals surface area (Å²) < 4.78 is 0. The van der Waals surface area contributed by atoms with Crippen LogP contribution in [0.15, 0.2) is 158 Å². The molecule has 0 spiro atoms. The highest BCUT2D eigenvalue weighted by Crippen LogP contribution is 2.54. The second kappa shape index (κ2) is 19.9. The maximum absolute atomic E-state index is 2.63. The lowest BCUT2D eigenvalue weighted by atomic mass is 9.77. The molecule has 0 heterocycles. The molecular formula is C79H95N. The Balaban J connectivity index is 1.41. The van der Waals surface area contributed by atoms with E-state index in [1.807, 2.05) is 0 Å². The minimum atomic E-state index is -0.191. The molecule has 0 fully saturated rings. The van der Waals surface area contributed by atoms with Crippen LogP contribution in [-0.4, -0.2) is 0 Å². The summed E-state index contributed by atoms with van der Waals surface area (Å²) in [5, 5.41) is 0. The molecular weight excluding hydrogens is 963 g/mol. The van der Waals surface area contributed by atoms with E-state index in [-0.39, 0.29) is 43.3 Å². The number of fused-ring (bicyclic) bond motifs is 3. The molecule has 0 aromatic heterocycles. The van der Waals surface area contributed by atoms with Crippen LogP contribution < -0.4 is 4.90 Å². The van der Waals surface area contributed by atoms with Crippen molar-refractivity contribution in [3.05, 3.63) is 208 Å². The summed E-state index contributed by atoms with van der Waals surface area (Å²) >= 11 is 0. The average Bonchev–Trinajstić information content (AvgIpc) is 3.79. The Morgan fingerprint density at radius 1 is 0.263 bits per heavy atom. The van der Waals surface area contributed by atoms with Gasteiger partial charge >= 0.3 is 0 Å². The van der Waals surface area contributed by atoms with E-state index < -0.39 is 0 Å². The standard InChI is InChI=1S/C79H95N/c1-72(2,3)56-37-51(35-52(38-56)54-40-58(74(7,8)9)43-59(41-54)75(10,11)12)53-36-55(42-57(39-53)73(4,5)6)67-47-62(78(19,20)21)48-70(71(67)50-29-25-24-26-30-50)80(64-45-60(76(13,14)15)44-61(46-64)77(16,17)18)63-33-34-66-65-31-27-28-32-68(65)79(22,23)69(66)49-63/h24-49H,1-23H3. The summed E-state index contributed by atoms with van der Waals surface area (Å²) in [4.78, 5) is 2.63. The quantitative estimate of drug-likeness (QED) is 0.154. The minimum Gasteiger partial charge on any atom is -0.310 e. The van der Waals surface area contributed by atoms with Crippen LogP contribution in [-0.2, 0) is 43.3 Å². The molecule has 80 heavy (non-hydrogen) atoms. The SMILES string of the molecule is CC(C)(C)c1cc(-c2cc(-c3cc(C(C)(C)C)cc(N(c4cc(C(C)(C)C)cc(C(C)(C)C)c4)c4ccc5c(c4)C(C)(C)c4ccccc4-5)c3-c3ccccc3)cc(C(C)(C)C)c2)cc(-c2cc(C(C)(C)C)cc(C(C)(C)C)c2)c1. The first kappa shape index (κ1) is 58.2. The molecule has 0 bridgehead atoms. The number of hydrogen-bond donors (Lipinski definition) is 0. The minimum absolute atomic E-state index is 0.00381. The first-order chi connectivity index (χ1) is 36.8. The molecule has 0 N–H and O–H groups in total. The van der Waals surface area contributed by atoms with Gasteiger partial charge in [-0.05, 0) is 187 Å². The lowest BCUT2D eigenvalue weighted by Crippen LogP contribution is -2.21. The molecule has 8 aromatic carbocycles. The third-order valence-electron chi connectivity index (χ3n) is 17.3. The smallest absolute Gasteiger partial charge is 0.0549 e. The molecule has 416 valence electrons. The van der Waals surface area contributed by atoms with Crippen molar-refractivity contribution in [2.24, 2.45) is 0 Å². The third-order valence-corrected chi connectivity index (χ3v) is 17.3. The fourth-order valence-corrected chi connectivity index (χ4v) is 11.7. The zero-order chi connectivity index (χ0) is 58.7. The third kappa shape index (κ3) is 11.6. The van der Waals surface area contributed by atoms with Crippen molar-refractivity contribution in [3.8, 4) is 55.6 Å². The van der Waals surface area contributed by atoms with E-state index in [9.17, 15) is 0 Å². The van der Waals surface area contributed by atoms with Crippen molar-refractivity contribution in [1.29, 1.82) is 0 Å². The van der Waals surface area contributed by atoms with Crippen LogP contribution in [0.3, 0.4) is 0 Å². The van der Waals surface area contributed by atoms with E-state index >= 15 is 0 Å². The highest BCUT2D eigenvalue weighted by molar-refractivity contribution is 5.99. The zero-order valence-electron chi connectivity index (χ0n) is 53.5. The van der Waals surface area contributed by atoms with Gasteiger partial charge in [-0.15, -0.1) is 0 Å². The van der Waals surface area contributed by atoms with Crippen molar-refractivity contribution in [1.82, 2.24) is 0 Å². The Hall–Kier alpha value is -6.44. The lowest BCUT2D eigenvalue weighted by molar-refractivity contribution is 0.568. The number of rotatable bonds is 7. The summed E-state index contributed by atoms with van der Waals surface area (Å²) in [6.07, 6.45) is 0. The first-order valence-electron chi connectivity index (χ1n) is 29.7. The monoisotopic (exact) mass is 1060 g/mol. The van der Waals surface area contributed by atoms with E-state index in [1.54, 1.807) is 0 Å². The molecule has 1 heteroatoms. The van der Waals surface area contributed by atoms with E-state index in [0.29, 0.717) is 0 Å². The number of nitrogens with zero attached hydrogens (tertiary/aromatic N) is 1. The highest BCUT2D eigenvalue weighted by atomic mass is 15.1. The van der Waals surface area contributed by atoms with Gasteiger partial charge in [0.2, 0.25) is 0 Å². The van der Waals surface area contributed by atoms with Gasteiger partial charge in [0.15, 0.2) is 0 Å².